The van der Waals surface area contributed by atoms with Crippen molar-refractivity contribution < 1.29 is 4.79 Å². The van der Waals surface area contributed by atoms with Crippen LogP contribution in [0.5, 0.6) is 0 Å². The van der Waals surface area contributed by atoms with Crippen molar-refractivity contribution in [3.63, 3.8) is 0 Å². The summed E-state index contributed by atoms with van der Waals surface area (Å²) in [5.41, 5.74) is 6.55. The molecule has 1 aliphatic rings. The van der Waals surface area contributed by atoms with E-state index in [0.29, 0.717) is 0 Å². The summed E-state index contributed by atoms with van der Waals surface area (Å²) in [6.45, 7) is 2.10. The smallest absolute Gasteiger partial charge is 0.229 e. The number of thioether (sulfide) groups is 1. The van der Waals surface area contributed by atoms with Crippen LogP contribution in [0.2, 0.25) is 0 Å². The number of benzene rings is 1. The first-order valence-corrected chi connectivity index (χ1v) is 6.49. The van der Waals surface area contributed by atoms with E-state index in [1.807, 2.05) is 24.3 Å². The van der Waals surface area contributed by atoms with Crippen LogP contribution >= 0.6 is 11.8 Å². The Morgan fingerprint density at radius 1 is 1.56 bits per heavy atom. The summed E-state index contributed by atoms with van der Waals surface area (Å²) < 4.78 is 0. The van der Waals surface area contributed by atoms with E-state index >= 15 is 0 Å². The zero-order valence-corrected chi connectivity index (χ0v) is 10.1. The van der Waals surface area contributed by atoms with Gasteiger partial charge in [-0.2, -0.15) is 0 Å². The summed E-state index contributed by atoms with van der Waals surface area (Å²) in [4.78, 5) is 12.9. The van der Waals surface area contributed by atoms with Gasteiger partial charge in [0.2, 0.25) is 5.91 Å². The number of nitrogens with two attached hydrogens (primary N) is 1. The lowest BCUT2D eigenvalue weighted by atomic mass is 10.3. The lowest BCUT2D eigenvalue weighted by molar-refractivity contribution is -0.117. The molecule has 0 radical (unpaired) electrons. The fourth-order valence-corrected chi connectivity index (χ4v) is 2.35. The molecule has 1 saturated carbocycles. The Morgan fingerprint density at radius 3 is 2.88 bits per heavy atom. The van der Waals surface area contributed by atoms with Crippen molar-refractivity contribution in [2.75, 3.05) is 11.1 Å². The molecule has 0 aliphatic heterocycles. The maximum atomic E-state index is 11.7. The highest BCUT2D eigenvalue weighted by atomic mass is 32.2. The molecule has 2 rings (SSSR count). The van der Waals surface area contributed by atoms with Crippen molar-refractivity contribution in [1.29, 1.82) is 0 Å². The van der Waals surface area contributed by atoms with Gasteiger partial charge in [0.25, 0.3) is 0 Å². The lowest BCUT2D eigenvalue weighted by Crippen LogP contribution is -2.18. The van der Waals surface area contributed by atoms with Crippen LogP contribution < -0.4 is 11.1 Å². The molecule has 1 aromatic carbocycles. The van der Waals surface area contributed by atoms with Gasteiger partial charge in [0.05, 0.1) is 11.6 Å². The van der Waals surface area contributed by atoms with E-state index in [4.69, 9.17) is 5.73 Å². The van der Waals surface area contributed by atoms with E-state index < -0.39 is 0 Å². The zero-order chi connectivity index (χ0) is 11.5. The number of amides is 1. The first kappa shape index (κ1) is 11.5. The maximum absolute atomic E-state index is 11.7. The van der Waals surface area contributed by atoms with E-state index in [9.17, 15) is 4.79 Å². The fraction of sp³-hybridized carbons (Fsp3) is 0.417. The van der Waals surface area contributed by atoms with Crippen molar-refractivity contribution >= 4 is 23.4 Å². The molecule has 0 bridgehead atoms. The molecule has 1 aliphatic carbocycles. The average Bonchev–Trinajstić information content (AvgIpc) is 2.99. The lowest BCUT2D eigenvalue weighted by Gasteiger charge is -2.09. The van der Waals surface area contributed by atoms with Gasteiger partial charge >= 0.3 is 0 Å². The normalized spacial score (nSPS) is 22.9. The topological polar surface area (TPSA) is 55.1 Å². The number of carbonyl (C=O) groups is 1. The minimum absolute atomic E-state index is 0.0136. The van der Waals surface area contributed by atoms with Crippen LogP contribution in [0.3, 0.4) is 0 Å². The van der Waals surface area contributed by atoms with Crippen molar-refractivity contribution in [3.8, 4) is 0 Å². The van der Waals surface area contributed by atoms with Crippen molar-refractivity contribution in [1.82, 2.24) is 0 Å². The zero-order valence-electron chi connectivity index (χ0n) is 9.27. The highest BCUT2D eigenvalue weighted by Crippen LogP contribution is 2.31. The molecule has 3 N–H and O–H groups in total. The second kappa shape index (κ2) is 4.89. The molecule has 86 valence electrons. The largest absolute Gasteiger partial charge is 0.327 e. The molecule has 0 spiro atoms. The summed E-state index contributed by atoms with van der Waals surface area (Å²) >= 11 is 1.73. The van der Waals surface area contributed by atoms with Crippen LogP contribution in [-0.4, -0.2) is 17.7 Å². The first-order chi connectivity index (χ1) is 7.72. The maximum Gasteiger partial charge on any atom is 0.229 e. The van der Waals surface area contributed by atoms with Crippen LogP contribution in [0.25, 0.3) is 0 Å². The third-order valence-corrected chi connectivity index (χ3v) is 3.58. The Morgan fingerprint density at radius 2 is 2.25 bits per heavy atom. The summed E-state index contributed by atoms with van der Waals surface area (Å²) in [6, 6.07) is 7.94. The second-order valence-electron chi connectivity index (χ2n) is 3.92. The van der Waals surface area contributed by atoms with E-state index in [2.05, 4.69) is 12.2 Å². The Hall–Kier alpha value is -1.00. The van der Waals surface area contributed by atoms with Crippen LogP contribution in [-0.2, 0) is 4.79 Å². The van der Waals surface area contributed by atoms with E-state index in [-0.39, 0.29) is 17.9 Å². The highest BCUT2D eigenvalue weighted by molar-refractivity contribution is 7.99. The SMILES string of the molecule is CCSc1ccccc1NC(=O)C1CC1N. The molecule has 2 unspecified atom stereocenters. The van der Waals surface area contributed by atoms with Crippen molar-refractivity contribution in [2.45, 2.75) is 24.3 Å². The Labute approximate surface area is 99.8 Å². The van der Waals surface area contributed by atoms with Crippen molar-refractivity contribution in [2.24, 2.45) is 11.7 Å². The number of para-hydroxylation sites is 1. The van der Waals surface area contributed by atoms with Crippen LogP contribution in [0.1, 0.15) is 13.3 Å². The molecular weight excluding hydrogens is 220 g/mol. The average molecular weight is 236 g/mol. The van der Waals surface area contributed by atoms with Gasteiger partial charge < -0.3 is 11.1 Å². The monoisotopic (exact) mass is 236 g/mol. The summed E-state index contributed by atoms with van der Waals surface area (Å²) in [5.74, 6) is 1.06. The number of carbonyl (C=O) groups excluding carboxylic acids is 1. The molecule has 2 atom stereocenters. The summed E-state index contributed by atoms with van der Waals surface area (Å²) in [6.07, 6.45) is 0.814. The standard InChI is InChI=1S/C12H16N2OS/c1-2-16-11-6-4-3-5-10(11)14-12(15)8-7-9(8)13/h3-6,8-9H,2,7,13H2,1H3,(H,14,15). The van der Waals surface area contributed by atoms with E-state index in [1.54, 1.807) is 11.8 Å². The van der Waals surface area contributed by atoms with Gasteiger partial charge in [-0.15, -0.1) is 11.8 Å². The number of nitrogens with one attached hydrogen (secondary N) is 1. The third-order valence-electron chi connectivity index (χ3n) is 2.62. The summed E-state index contributed by atoms with van der Waals surface area (Å²) in [5, 5.41) is 2.95. The molecule has 0 aromatic heterocycles. The Kier molecular flexibility index (Phi) is 3.51. The molecular formula is C12H16N2OS. The summed E-state index contributed by atoms with van der Waals surface area (Å²) in [7, 11) is 0. The molecule has 1 fully saturated rings. The highest BCUT2D eigenvalue weighted by Gasteiger charge is 2.40. The fourth-order valence-electron chi connectivity index (χ4n) is 1.59. The number of anilines is 1. The van der Waals surface area contributed by atoms with Crippen LogP contribution in [0.4, 0.5) is 5.69 Å². The molecule has 0 saturated heterocycles. The van der Waals surface area contributed by atoms with Gasteiger partial charge in [0, 0.05) is 10.9 Å². The molecule has 0 heterocycles. The molecule has 4 heteroatoms. The second-order valence-corrected chi connectivity index (χ2v) is 5.23. The molecule has 3 nitrogen and oxygen atoms in total. The van der Waals surface area contributed by atoms with Crippen LogP contribution in [0.15, 0.2) is 29.2 Å². The number of rotatable bonds is 4. The van der Waals surface area contributed by atoms with Gasteiger partial charge in [0.1, 0.15) is 0 Å². The van der Waals surface area contributed by atoms with Gasteiger partial charge in [0.15, 0.2) is 0 Å². The number of hydrogen-bond acceptors (Lipinski definition) is 3. The van der Waals surface area contributed by atoms with E-state index in [1.165, 1.54) is 0 Å². The van der Waals surface area contributed by atoms with Gasteiger partial charge in [-0.25, -0.2) is 0 Å². The molecule has 1 aromatic rings. The minimum Gasteiger partial charge on any atom is -0.327 e. The minimum atomic E-state index is 0.0136. The van der Waals surface area contributed by atoms with E-state index in [0.717, 1.165) is 22.8 Å². The first-order valence-electron chi connectivity index (χ1n) is 5.50. The third kappa shape index (κ3) is 2.57. The van der Waals surface area contributed by atoms with Gasteiger partial charge in [-0.1, -0.05) is 19.1 Å². The molecule has 16 heavy (non-hydrogen) atoms. The van der Waals surface area contributed by atoms with Gasteiger partial charge in [-0.05, 0) is 24.3 Å². The van der Waals surface area contributed by atoms with Crippen molar-refractivity contribution in [3.05, 3.63) is 24.3 Å². The number of hydrogen-bond donors (Lipinski definition) is 2. The predicted octanol–water partition coefficient (Wildman–Crippen LogP) is 2.08. The Bertz CT molecular complexity index is 394. The van der Waals surface area contributed by atoms with Crippen LogP contribution in [0, 0.1) is 5.92 Å². The Balaban J connectivity index is 2.05. The predicted molar refractivity (Wildman–Crippen MR) is 67.6 cm³/mol. The molecule has 1 amide bonds. The van der Waals surface area contributed by atoms with Gasteiger partial charge in [-0.3, -0.25) is 4.79 Å². The quantitative estimate of drug-likeness (QED) is 0.787.